The zero-order valence-electron chi connectivity index (χ0n) is 10.3. The number of rotatable bonds is 3. The molecular formula is C10H24OS2Si2. The summed E-state index contributed by atoms with van der Waals surface area (Å²) in [6, 6.07) is 1.47. The minimum absolute atomic E-state index is 0.163. The molecule has 1 unspecified atom stereocenters. The van der Waals surface area contributed by atoms with Crippen molar-refractivity contribution in [2.45, 2.75) is 49.8 Å². The Balaban J connectivity index is 2.79. The largest absolute Gasteiger partial charge is 0.428 e. The molecule has 1 nitrogen and oxygen atoms in total. The quantitative estimate of drug-likeness (QED) is 0.458. The Hall–Kier alpha value is 1.09. The molecule has 1 fully saturated rings. The van der Waals surface area contributed by atoms with Crippen LogP contribution >= 0.6 is 25.3 Å². The minimum Gasteiger partial charge on any atom is -0.428 e. The number of hydrogen-bond donors (Lipinski definition) is 2. The van der Waals surface area contributed by atoms with Crippen LogP contribution in [0.3, 0.4) is 0 Å². The highest BCUT2D eigenvalue weighted by atomic mass is 32.2. The second-order valence-corrected chi connectivity index (χ2v) is 15.3. The van der Waals surface area contributed by atoms with E-state index in [4.69, 9.17) is 4.43 Å². The second kappa shape index (κ2) is 5.16. The van der Waals surface area contributed by atoms with E-state index in [-0.39, 0.29) is 19.3 Å². The van der Waals surface area contributed by atoms with Gasteiger partial charge in [-0.15, -0.1) is 0 Å². The van der Waals surface area contributed by atoms with E-state index in [2.05, 4.69) is 53.0 Å². The molecule has 0 aliphatic carbocycles. The summed E-state index contributed by atoms with van der Waals surface area (Å²) in [4.78, 5) is 0. The second-order valence-electron chi connectivity index (χ2n) is 5.73. The van der Waals surface area contributed by atoms with Gasteiger partial charge in [-0.25, -0.2) is 0 Å². The molecule has 90 valence electrons. The van der Waals surface area contributed by atoms with Gasteiger partial charge in [0.2, 0.25) is 0 Å². The lowest BCUT2D eigenvalue weighted by molar-refractivity contribution is 0.280. The van der Waals surface area contributed by atoms with Crippen molar-refractivity contribution in [2.75, 3.05) is 6.61 Å². The SMILES string of the molecule is CC(C)(C(S)S)C(C)(C)[SiH]1CCCO[SiH2]1. The predicted molar refractivity (Wildman–Crippen MR) is 80.7 cm³/mol. The fourth-order valence-electron chi connectivity index (χ4n) is 2.17. The molecule has 1 aliphatic rings. The molecule has 15 heavy (non-hydrogen) atoms. The summed E-state index contributed by atoms with van der Waals surface area (Å²) in [6.45, 7) is 10.5. The van der Waals surface area contributed by atoms with Gasteiger partial charge >= 0.3 is 0 Å². The third-order valence-electron chi connectivity index (χ3n) is 4.49. The third-order valence-corrected chi connectivity index (χ3v) is 16.8. The summed E-state index contributed by atoms with van der Waals surface area (Å²) >= 11 is 9.11. The normalized spacial score (nSPS) is 26.2. The van der Waals surface area contributed by atoms with E-state index < -0.39 is 8.31 Å². The molecule has 0 radical (unpaired) electrons. The molecule has 0 aromatic carbocycles. The van der Waals surface area contributed by atoms with Gasteiger partial charge in [-0.3, -0.25) is 0 Å². The van der Waals surface area contributed by atoms with Crippen LogP contribution in [0.5, 0.6) is 0 Å². The summed E-state index contributed by atoms with van der Waals surface area (Å²) in [5, 5.41) is 0.411. The van der Waals surface area contributed by atoms with Crippen LogP contribution in [-0.2, 0) is 4.43 Å². The van der Waals surface area contributed by atoms with Gasteiger partial charge in [0, 0.05) is 11.2 Å². The maximum absolute atomic E-state index is 5.79. The Morgan fingerprint density at radius 2 is 1.87 bits per heavy atom. The van der Waals surface area contributed by atoms with E-state index in [0.717, 1.165) is 6.61 Å². The van der Waals surface area contributed by atoms with Crippen LogP contribution in [0.1, 0.15) is 34.1 Å². The van der Waals surface area contributed by atoms with Gasteiger partial charge in [-0.2, -0.15) is 25.3 Å². The Morgan fingerprint density at radius 1 is 1.27 bits per heavy atom. The van der Waals surface area contributed by atoms with Crippen molar-refractivity contribution in [2.24, 2.45) is 5.41 Å². The molecule has 0 saturated carbocycles. The van der Waals surface area contributed by atoms with Crippen molar-refractivity contribution in [3.63, 3.8) is 0 Å². The van der Waals surface area contributed by atoms with Crippen molar-refractivity contribution in [1.29, 1.82) is 0 Å². The highest BCUT2D eigenvalue weighted by Crippen LogP contribution is 2.53. The minimum atomic E-state index is -0.697. The van der Waals surface area contributed by atoms with Crippen LogP contribution in [0.15, 0.2) is 0 Å². The molecule has 1 saturated heterocycles. The molecule has 5 heteroatoms. The molecule has 0 aromatic rings. The van der Waals surface area contributed by atoms with E-state index in [0.29, 0.717) is 5.04 Å². The van der Waals surface area contributed by atoms with E-state index in [1.54, 1.807) is 0 Å². The van der Waals surface area contributed by atoms with E-state index >= 15 is 0 Å². The van der Waals surface area contributed by atoms with Crippen LogP contribution < -0.4 is 0 Å². The van der Waals surface area contributed by atoms with Crippen molar-refractivity contribution in [3.05, 3.63) is 0 Å². The molecule has 0 amide bonds. The van der Waals surface area contributed by atoms with Crippen LogP contribution in [0.2, 0.25) is 11.1 Å². The summed E-state index contributed by atoms with van der Waals surface area (Å²) in [6.07, 6.45) is 1.28. The highest BCUT2D eigenvalue weighted by molar-refractivity contribution is 7.99. The monoisotopic (exact) mass is 280 g/mol. The number of hydrogen-bond acceptors (Lipinski definition) is 3. The molecule has 1 heterocycles. The maximum Gasteiger partial charge on any atom is 0.147 e. The average molecular weight is 281 g/mol. The van der Waals surface area contributed by atoms with Gasteiger partial charge in [0.05, 0.1) is 8.31 Å². The first-order valence-electron chi connectivity index (χ1n) is 5.74. The first kappa shape index (κ1) is 14.2. The lowest BCUT2D eigenvalue weighted by Crippen LogP contribution is -2.48. The summed E-state index contributed by atoms with van der Waals surface area (Å²) < 4.78 is 5.96. The van der Waals surface area contributed by atoms with E-state index in [1.807, 2.05) is 0 Å². The van der Waals surface area contributed by atoms with Crippen LogP contribution in [0.25, 0.3) is 0 Å². The van der Waals surface area contributed by atoms with Gasteiger partial charge in [0.1, 0.15) is 9.28 Å². The zero-order chi connectivity index (χ0) is 11.7. The van der Waals surface area contributed by atoms with Crippen LogP contribution in [-0.4, -0.2) is 28.8 Å². The summed E-state index contributed by atoms with van der Waals surface area (Å²) in [5.41, 5.74) is 0.198. The Morgan fingerprint density at radius 3 is 2.27 bits per heavy atom. The maximum atomic E-state index is 5.79. The molecule has 1 rings (SSSR count). The fourth-order valence-corrected chi connectivity index (χ4v) is 12.5. The molecule has 1 aliphatic heterocycles. The molecular weight excluding hydrogens is 256 g/mol. The highest BCUT2D eigenvalue weighted by Gasteiger charge is 2.46. The Bertz CT molecular complexity index is 213. The predicted octanol–water partition coefficient (Wildman–Crippen LogP) is 2.21. The van der Waals surface area contributed by atoms with Gasteiger partial charge in [0.25, 0.3) is 0 Å². The molecule has 0 N–H and O–H groups in total. The summed E-state index contributed by atoms with van der Waals surface area (Å²) in [7, 11) is -0.920. The van der Waals surface area contributed by atoms with Gasteiger partial charge in [-0.05, 0) is 16.9 Å². The first-order valence-corrected chi connectivity index (χ1v) is 12.0. The topological polar surface area (TPSA) is 9.23 Å². The molecule has 0 aromatic heterocycles. The van der Waals surface area contributed by atoms with E-state index in [1.165, 1.54) is 12.5 Å². The lowest BCUT2D eigenvalue weighted by Gasteiger charge is -2.49. The average Bonchev–Trinajstić information content (AvgIpc) is 2.18. The van der Waals surface area contributed by atoms with E-state index in [9.17, 15) is 0 Å². The smallest absolute Gasteiger partial charge is 0.147 e. The van der Waals surface area contributed by atoms with Crippen molar-refractivity contribution in [3.8, 4) is 0 Å². The summed E-state index contributed by atoms with van der Waals surface area (Å²) in [5.74, 6) is 0. The number of thiol groups is 2. The molecule has 1 atom stereocenters. The van der Waals surface area contributed by atoms with Crippen molar-refractivity contribution < 1.29 is 4.43 Å². The Kier molecular flexibility index (Phi) is 4.87. The first-order chi connectivity index (χ1) is 6.80. The van der Waals surface area contributed by atoms with Crippen molar-refractivity contribution in [1.82, 2.24) is 0 Å². The zero-order valence-corrected chi connectivity index (χ0v) is 14.6. The molecule has 0 bridgehead atoms. The van der Waals surface area contributed by atoms with Crippen molar-refractivity contribution >= 4 is 42.9 Å². The standard InChI is InChI=1S/C10H24OS2Si2/c1-9(2,8(12)13)10(3,4)15-7-5-6-11-14-15/h8,12-13,15H,5-7,14H2,1-4H3. The van der Waals surface area contributed by atoms with Gasteiger partial charge in [0.15, 0.2) is 0 Å². The van der Waals surface area contributed by atoms with Gasteiger partial charge < -0.3 is 4.43 Å². The van der Waals surface area contributed by atoms with Crippen LogP contribution in [0.4, 0.5) is 0 Å². The Labute approximate surface area is 109 Å². The van der Waals surface area contributed by atoms with Gasteiger partial charge in [-0.1, -0.05) is 33.7 Å². The molecule has 0 spiro atoms. The van der Waals surface area contributed by atoms with Crippen LogP contribution in [0, 0.1) is 5.41 Å². The lowest BCUT2D eigenvalue weighted by atomic mass is 9.81. The third kappa shape index (κ3) is 2.86. The fraction of sp³-hybridized carbons (Fsp3) is 1.00.